The summed E-state index contributed by atoms with van der Waals surface area (Å²) in [4.78, 5) is 0. The van der Waals surface area contributed by atoms with Crippen LogP contribution in [0.15, 0.2) is 30.3 Å². The molecule has 0 amide bonds. The Morgan fingerprint density at radius 2 is 1.83 bits per heavy atom. The summed E-state index contributed by atoms with van der Waals surface area (Å²) < 4.78 is 22.4. The van der Waals surface area contributed by atoms with E-state index in [1.54, 1.807) is 0 Å². The van der Waals surface area contributed by atoms with Gasteiger partial charge < -0.3 is 5.73 Å². The summed E-state index contributed by atoms with van der Waals surface area (Å²) in [5, 5.41) is 0. The molecule has 0 heterocycles. The van der Waals surface area contributed by atoms with Crippen molar-refractivity contribution in [2.24, 2.45) is 5.73 Å². The molecule has 0 aliphatic carbocycles. The molecule has 4 heteroatoms. The van der Waals surface area contributed by atoms with Crippen LogP contribution in [0.3, 0.4) is 0 Å². The Kier molecular flexibility index (Phi) is 5.35. The first-order valence-electron chi connectivity index (χ1n) is 6.37. The second-order valence-electron chi connectivity index (χ2n) is 4.94. The molecular formula is C14H23NO2S. The Morgan fingerprint density at radius 3 is 2.28 bits per heavy atom. The van der Waals surface area contributed by atoms with E-state index in [1.165, 1.54) is 11.8 Å². The van der Waals surface area contributed by atoms with Crippen LogP contribution in [0.25, 0.3) is 0 Å². The molecule has 102 valence electrons. The average Bonchev–Trinajstić information content (AvgIpc) is 2.35. The zero-order chi connectivity index (χ0) is 13.6. The average molecular weight is 269 g/mol. The number of nitrogens with two attached hydrogens (primary N) is 1. The largest absolute Gasteiger partial charge is 0.330 e. The highest BCUT2D eigenvalue weighted by Gasteiger charge is 2.28. The van der Waals surface area contributed by atoms with Gasteiger partial charge >= 0.3 is 0 Å². The normalized spacial score (nSPS) is 15.3. The fourth-order valence-electron chi connectivity index (χ4n) is 2.35. The van der Waals surface area contributed by atoms with Crippen molar-refractivity contribution in [1.82, 2.24) is 0 Å². The number of hydrogen-bond donors (Lipinski definition) is 1. The summed E-state index contributed by atoms with van der Waals surface area (Å²) in [6, 6.07) is 10.2. The first-order chi connectivity index (χ1) is 8.43. The molecule has 1 rings (SSSR count). The van der Waals surface area contributed by atoms with Gasteiger partial charge in [0.1, 0.15) is 9.84 Å². The van der Waals surface area contributed by atoms with Crippen LogP contribution in [0.4, 0.5) is 0 Å². The third-order valence-corrected chi connectivity index (χ3v) is 4.65. The lowest BCUT2D eigenvalue weighted by Crippen LogP contribution is -2.35. The lowest BCUT2D eigenvalue weighted by Gasteiger charge is -2.32. The van der Waals surface area contributed by atoms with Crippen LogP contribution < -0.4 is 5.73 Å². The highest BCUT2D eigenvalue weighted by atomic mass is 32.2. The summed E-state index contributed by atoms with van der Waals surface area (Å²) in [5.41, 5.74) is 7.07. The van der Waals surface area contributed by atoms with Crippen molar-refractivity contribution in [2.45, 2.75) is 31.6 Å². The SMILES string of the molecule is CCC(CN)(CCCS(C)(=O)=O)c1ccccc1. The zero-order valence-electron chi connectivity index (χ0n) is 11.2. The van der Waals surface area contributed by atoms with E-state index in [0.29, 0.717) is 13.0 Å². The third-order valence-electron chi connectivity index (χ3n) is 3.62. The lowest BCUT2D eigenvalue weighted by molar-refractivity contribution is 0.385. The van der Waals surface area contributed by atoms with Gasteiger partial charge in [0.25, 0.3) is 0 Å². The highest BCUT2D eigenvalue weighted by molar-refractivity contribution is 7.90. The monoisotopic (exact) mass is 269 g/mol. The van der Waals surface area contributed by atoms with Crippen molar-refractivity contribution in [3.8, 4) is 0 Å². The van der Waals surface area contributed by atoms with Crippen LogP contribution in [0, 0.1) is 0 Å². The van der Waals surface area contributed by atoms with E-state index in [0.717, 1.165) is 12.8 Å². The van der Waals surface area contributed by atoms with Crippen LogP contribution in [0.2, 0.25) is 0 Å². The third kappa shape index (κ3) is 4.10. The molecule has 0 aliphatic heterocycles. The van der Waals surface area contributed by atoms with Gasteiger partial charge in [-0.15, -0.1) is 0 Å². The molecule has 0 bridgehead atoms. The summed E-state index contributed by atoms with van der Waals surface area (Å²) in [6.45, 7) is 2.66. The fourth-order valence-corrected chi connectivity index (χ4v) is 3.02. The van der Waals surface area contributed by atoms with Gasteiger partial charge in [0, 0.05) is 24.0 Å². The standard InChI is InChI=1S/C14H23NO2S/c1-3-14(12-15,10-7-11-18(2,16)17)13-8-5-4-6-9-13/h4-6,8-9H,3,7,10-12,15H2,1-2H3. The van der Waals surface area contributed by atoms with Crippen LogP contribution in [-0.2, 0) is 15.3 Å². The van der Waals surface area contributed by atoms with E-state index in [2.05, 4.69) is 19.1 Å². The number of benzene rings is 1. The molecule has 1 unspecified atom stereocenters. The van der Waals surface area contributed by atoms with Gasteiger partial charge in [-0.2, -0.15) is 0 Å². The molecule has 0 fully saturated rings. The number of sulfone groups is 1. The topological polar surface area (TPSA) is 60.2 Å². The molecule has 0 saturated heterocycles. The van der Waals surface area contributed by atoms with Crippen LogP contribution in [0.5, 0.6) is 0 Å². The molecule has 1 atom stereocenters. The minimum absolute atomic E-state index is 0.0913. The molecule has 0 radical (unpaired) electrons. The van der Waals surface area contributed by atoms with E-state index in [9.17, 15) is 8.42 Å². The van der Waals surface area contributed by atoms with Gasteiger partial charge in [-0.1, -0.05) is 37.3 Å². The molecule has 0 spiro atoms. The van der Waals surface area contributed by atoms with E-state index >= 15 is 0 Å². The maximum absolute atomic E-state index is 11.2. The summed E-state index contributed by atoms with van der Waals surface area (Å²) in [5.74, 6) is 0.238. The quantitative estimate of drug-likeness (QED) is 0.825. The van der Waals surface area contributed by atoms with E-state index in [4.69, 9.17) is 5.73 Å². The molecular weight excluding hydrogens is 246 g/mol. The van der Waals surface area contributed by atoms with Crippen molar-refractivity contribution in [3.63, 3.8) is 0 Å². The molecule has 3 nitrogen and oxygen atoms in total. The van der Waals surface area contributed by atoms with Crippen molar-refractivity contribution in [1.29, 1.82) is 0 Å². The Hall–Kier alpha value is -0.870. The van der Waals surface area contributed by atoms with Crippen LogP contribution in [0.1, 0.15) is 31.7 Å². The van der Waals surface area contributed by atoms with E-state index in [1.807, 2.05) is 18.2 Å². The lowest BCUT2D eigenvalue weighted by atomic mass is 9.75. The predicted octanol–water partition coefficient (Wildman–Crippen LogP) is 2.12. The van der Waals surface area contributed by atoms with E-state index in [-0.39, 0.29) is 11.2 Å². The first kappa shape index (κ1) is 15.2. The maximum Gasteiger partial charge on any atom is 0.147 e. The second kappa shape index (κ2) is 6.34. The van der Waals surface area contributed by atoms with Crippen molar-refractivity contribution >= 4 is 9.84 Å². The molecule has 0 aromatic heterocycles. The van der Waals surface area contributed by atoms with Crippen LogP contribution in [-0.4, -0.2) is 27.0 Å². The summed E-state index contributed by atoms with van der Waals surface area (Å²) >= 11 is 0. The molecule has 2 N–H and O–H groups in total. The molecule has 18 heavy (non-hydrogen) atoms. The zero-order valence-corrected chi connectivity index (χ0v) is 12.0. The van der Waals surface area contributed by atoms with Crippen molar-refractivity contribution in [2.75, 3.05) is 18.6 Å². The van der Waals surface area contributed by atoms with Gasteiger partial charge in [0.2, 0.25) is 0 Å². The Balaban J connectivity index is 2.82. The number of hydrogen-bond acceptors (Lipinski definition) is 3. The van der Waals surface area contributed by atoms with Gasteiger partial charge in [0.15, 0.2) is 0 Å². The van der Waals surface area contributed by atoms with Gasteiger partial charge in [0.05, 0.1) is 0 Å². The number of rotatable bonds is 7. The molecule has 1 aromatic rings. The maximum atomic E-state index is 11.2. The Labute approximate surface area is 110 Å². The Bertz CT molecular complexity index is 450. The van der Waals surface area contributed by atoms with Crippen LogP contribution >= 0.6 is 0 Å². The molecule has 1 aromatic carbocycles. The molecule has 0 aliphatic rings. The predicted molar refractivity (Wildman–Crippen MR) is 76.4 cm³/mol. The minimum Gasteiger partial charge on any atom is -0.330 e. The minimum atomic E-state index is -2.89. The van der Waals surface area contributed by atoms with Crippen molar-refractivity contribution < 1.29 is 8.42 Å². The highest BCUT2D eigenvalue weighted by Crippen LogP contribution is 2.32. The molecule has 0 saturated carbocycles. The Morgan fingerprint density at radius 1 is 1.22 bits per heavy atom. The summed E-state index contributed by atoms with van der Waals surface area (Å²) in [7, 11) is -2.89. The first-order valence-corrected chi connectivity index (χ1v) is 8.43. The van der Waals surface area contributed by atoms with Gasteiger partial charge in [-0.25, -0.2) is 8.42 Å². The smallest absolute Gasteiger partial charge is 0.147 e. The van der Waals surface area contributed by atoms with Gasteiger partial charge in [-0.3, -0.25) is 0 Å². The van der Waals surface area contributed by atoms with Crippen molar-refractivity contribution in [3.05, 3.63) is 35.9 Å². The fraction of sp³-hybridized carbons (Fsp3) is 0.571. The van der Waals surface area contributed by atoms with Gasteiger partial charge in [-0.05, 0) is 24.8 Å². The summed E-state index contributed by atoms with van der Waals surface area (Å²) in [6.07, 6.45) is 3.69. The second-order valence-corrected chi connectivity index (χ2v) is 7.20. The van der Waals surface area contributed by atoms with E-state index < -0.39 is 9.84 Å².